The van der Waals surface area contributed by atoms with Gasteiger partial charge in [0.15, 0.2) is 11.5 Å². The summed E-state index contributed by atoms with van der Waals surface area (Å²) in [5, 5.41) is 15.0. The Balaban J connectivity index is 1.83. The van der Waals surface area contributed by atoms with Crippen LogP contribution < -0.4 is 14.9 Å². The van der Waals surface area contributed by atoms with E-state index in [2.05, 4.69) is 10.5 Å². The SMILES string of the molecule is O=[N+]([O-])c1cc2c(cc1/C=N\Nc1ccc(F)cc1)OCO2. The lowest BCUT2D eigenvalue weighted by Gasteiger charge is -2.02. The van der Waals surface area contributed by atoms with Gasteiger partial charge in [-0.25, -0.2) is 4.39 Å². The van der Waals surface area contributed by atoms with Gasteiger partial charge < -0.3 is 9.47 Å². The Bertz CT molecular complexity index is 746. The minimum absolute atomic E-state index is 0.0287. The number of hydrazone groups is 1. The van der Waals surface area contributed by atoms with Crippen LogP contribution in [0.15, 0.2) is 41.5 Å². The van der Waals surface area contributed by atoms with E-state index >= 15 is 0 Å². The van der Waals surface area contributed by atoms with E-state index in [0.29, 0.717) is 17.2 Å². The molecule has 0 atom stereocenters. The van der Waals surface area contributed by atoms with E-state index in [1.807, 2.05) is 0 Å². The smallest absolute Gasteiger partial charge is 0.282 e. The van der Waals surface area contributed by atoms with E-state index in [0.717, 1.165) is 0 Å². The predicted octanol–water partition coefficient (Wildman–Crippen LogP) is 2.91. The van der Waals surface area contributed by atoms with Crippen LogP contribution in [-0.4, -0.2) is 17.9 Å². The zero-order valence-electron chi connectivity index (χ0n) is 11.2. The number of ether oxygens (including phenoxy) is 2. The first-order chi connectivity index (χ1) is 10.6. The van der Waals surface area contributed by atoms with Crippen LogP contribution >= 0.6 is 0 Å². The number of hydrogen-bond donors (Lipinski definition) is 1. The van der Waals surface area contributed by atoms with E-state index in [1.165, 1.54) is 42.6 Å². The Morgan fingerprint density at radius 3 is 2.59 bits per heavy atom. The van der Waals surface area contributed by atoms with Gasteiger partial charge in [0.1, 0.15) is 5.82 Å². The summed E-state index contributed by atoms with van der Waals surface area (Å²) in [7, 11) is 0. The van der Waals surface area contributed by atoms with Crippen molar-refractivity contribution in [1.29, 1.82) is 0 Å². The number of fused-ring (bicyclic) bond motifs is 1. The second-order valence-electron chi connectivity index (χ2n) is 4.40. The molecule has 0 amide bonds. The van der Waals surface area contributed by atoms with E-state index in [-0.39, 0.29) is 23.9 Å². The zero-order valence-corrected chi connectivity index (χ0v) is 11.2. The first-order valence-corrected chi connectivity index (χ1v) is 6.26. The molecule has 0 saturated heterocycles. The Morgan fingerprint density at radius 1 is 1.23 bits per heavy atom. The van der Waals surface area contributed by atoms with Crippen LogP contribution in [0.2, 0.25) is 0 Å². The zero-order chi connectivity index (χ0) is 15.5. The average Bonchev–Trinajstić information content (AvgIpc) is 2.95. The molecule has 8 heteroatoms. The fourth-order valence-electron chi connectivity index (χ4n) is 1.91. The number of halogens is 1. The Hall–Kier alpha value is -3.16. The van der Waals surface area contributed by atoms with Crippen molar-refractivity contribution >= 4 is 17.6 Å². The van der Waals surface area contributed by atoms with Crippen molar-refractivity contribution in [3.05, 3.63) is 57.9 Å². The fourth-order valence-corrected chi connectivity index (χ4v) is 1.91. The molecule has 22 heavy (non-hydrogen) atoms. The van der Waals surface area contributed by atoms with Crippen LogP contribution in [0.4, 0.5) is 15.8 Å². The van der Waals surface area contributed by atoms with Crippen LogP contribution in [0.3, 0.4) is 0 Å². The van der Waals surface area contributed by atoms with Crippen molar-refractivity contribution in [2.75, 3.05) is 12.2 Å². The van der Waals surface area contributed by atoms with Gasteiger partial charge in [0, 0.05) is 0 Å². The van der Waals surface area contributed by atoms with Crippen LogP contribution in [0.1, 0.15) is 5.56 Å². The summed E-state index contributed by atoms with van der Waals surface area (Å²) in [6.07, 6.45) is 1.30. The highest BCUT2D eigenvalue weighted by molar-refractivity contribution is 5.87. The van der Waals surface area contributed by atoms with Crippen LogP contribution in [0.5, 0.6) is 11.5 Å². The molecule has 0 saturated carbocycles. The fraction of sp³-hybridized carbons (Fsp3) is 0.0714. The Morgan fingerprint density at radius 2 is 1.91 bits per heavy atom. The van der Waals surface area contributed by atoms with E-state index in [9.17, 15) is 14.5 Å². The van der Waals surface area contributed by atoms with Gasteiger partial charge in [0.2, 0.25) is 6.79 Å². The highest BCUT2D eigenvalue weighted by Gasteiger charge is 2.22. The van der Waals surface area contributed by atoms with Crippen LogP contribution in [0.25, 0.3) is 0 Å². The van der Waals surface area contributed by atoms with Gasteiger partial charge in [-0.15, -0.1) is 0 Å². The molecule has 0 bridgehead atoms. The molecular formula is C14H10FN3O4. The molecule has 3 rings (SSSR count). The largest absolute Gasteiger partial charge is 0.454 e. The molecule has 1 aliphatic rings. The molecule has 1 N–H and O–H groups in total. The highest BCUT2D eigenvalue weighted by Crippen LogP contribution is 2.37. The molecule has 2 aromatic rings. The average molecular weight is 303 g/mol. The molecule has 7 nitrogen and oxygen atoms in total. The van der Waals surface area contributed by atoms with Crippen molar-refractivity contribution in [1.82, 2.24) is 0 Å². The second kappa shape index (κ2) is 5.68. The standard InChI is InChI=1S/C14H10FN3O4/c15-10-1-3-11(4-2-10)17-16-7-9-5-13-14(22-8-21-13)6-12(9)18(19)20/h1-7,17H,8H2/b16-7-. The van der Waals surface area contributed by atoms with Crippen molar-refractivity contribution < 1.29 is 18.8 Å². The molecule has 0 fully saturated rings. The Kier molecular flexibility index (Phi) is 3.57. The van der Waals surface area contributed by atoms with Crippen molar-refractivity contribution in [3.63, 3.8) is 0 Å². The third-order valence-corrected chi connectivity index (χ3v) is 2.96. The van der Waals surface area contributed by atoms with Gasteiger partial charge >= 0.3 is 0 Å². The highest BCUT2D eigenvalue weighted by atomic mass is 19.1. The number of hydrogen-bond acceptors (Lipinski definition) is 6. The molecule has 1 aliphatic heterocycles. The maximum atomic E-state index is 12.8. The maximum Gasteiger partial charge on any atom is 0.282 e. The summed E-state index contributed by atoms with van der Waals surface area (Å²) >= 11 is 0. The lowest BCUT2D eigenvalue weighted by Crippen LogP contribution is -1.97. The minimum Gasteiger partial charge on any atom is -0.454 e. The van der Waals surface area contributed by atoms with Gasteiger partial charge in [-0.1, -0.05) is 0 Å². The topological polar surface area (TPSA) is 86.0 Å². The third kappa shape index (κ3) is 2.80. The molecular weight excluding hydrogens is 293 g/mol. The first-order valence-electron chi connectivity index (χ1n) is 6.26. The van der Waals surface area contributed by atoms with Crippen molar-refractivity contribution in [2.45, 2.75) is 0 Å². The molecule has 2 aromatic carbocycles. The number of nitrogens with one attached hydrogen (secondary N) is 1. The molecule has 0 aromatic heterocycles. The number of nitro groups is 1. The van der Waals surface area contributed by atoms with Gasteiger partial charge in [-0.2, -0.15) is 5.10 Å². The van der Waals surface area contributed by atoms with Crippen molar-refractivity contribution in [3.8, 4) is 11.5 Å². The molecule has 0 unspecified atom stereocenters. The number of nitrogens with zero attached hydrogens (tertiary/aromatic N) is 2. The molecule has 1 heterocycles. The summed E-state index contributed by atoms with van der Waals surface area (Å²) in [5.74, 6) is 0.394. The summed E-state index contributed by atoms with van der Waals surface area (Å²) < 4.78 is 23.1. The van der Waals surface area contributed by atoms with Gasteiger partial charge in [-0.05, 0) is 30.3 Å². The molecule has 112 valence electrons. The monoisotopic (exact) mass is 303 g/mol. The van der Waals surface area contributed by atoms with Gasteiger partial charge in [0.25, 0.3) is 5.69 Å². The second-order valence-corrected chi connectivity index (χ2v) is 4.40. The normalized spacial score (nSPS) is 12.6. The number of anilines is 1. The minimum atomic E-state index is -0.527. The first kappa shape index (κ1) is 13.8. The van der Waals surface area contributed by atoms with E-state index < -0.39 is 4.92 Å². The summed E-state index contributed by atoms with van der Waals surface area (Å²) in [6, 6.07) is 8.33. The maximum absolute atomic E-state index is 12.8. The van der Waals surface area contributed by atoms with Gasteiger partial charge in [0.05, 0.1) is 28.5 Å². The molecule has 0 aliphatic carbocycles. The quantitative estimate of drug-likeness (QED) is 0.533. The summed E-state index contributed by atoms with van der Waals surface area (Å²) in [5.41, 5.74) is 3.34. The predicted molar refractivity (Wildman–Crippen MR) is 76.8 cm³/mol. The third-order valence-electron chi connectivity index (χ3n) is 2.96. The molecule has 0 spiro atoms. The molecule has 0 radical (unpaired) electrons. The van der Waals surface area contributed by atoms with Gasteiger partial charge in [-0.3, -0.25) is 15.5 Å². The number of nitro benzene ring substituents is 1. The Labute approximate surface area is 124 Å². The summed E-state index contributed by atoms with van der Waals surface area (Å²) in [4.78, 5) is 10.6. The van der Waals surface area contributed by atoms with Crippen LogP contribution in [0, 0.1) is 15.9 Å². The number of benzene rings is 2. The van der Waals surface area contributed by atoms with Crippen LogP contribution in [-0.2, 0) is 0 Å². The number of rotatable bonds is 4. The lowest BCUT2D eigenvalue weighted by molar-refractivity contribution is -0.385. The van der Waals surface area contributed by atoms with Crippen molar-refractivity contribution in [2.24, 2.45) is 5.10 Å². The summed E-state index contributed by atoms with van der Waals surface area (Å²) in [6.45, 7) is 0.0287. The van der Waals surface area contributed by atoms with E-state index in [1.54, 1.807) is 0 Å². The lowest BCUT2D eigenvalue weighted by atomic mass is 10.1. The van der Waals surface area contributed by atoms with E-state index in [4.69, 9.17) is 9.47 Å².